The molecule has 4 heteroatoms. The van der Waals surface area contributed by atoms with Gasteiger partial charge in [0.2, 0.25) is 0 Å². The fourth-order valence-electron chi connectivity index (χ4n) is 2.93. The van der Waals surface area contributed by atoms with Crippen molar-refractivity contribution in [3.05, 3.63) is 90.5 Å². The lowest BCUT2D eigenvalue weighted by Crippen LogP contribution is -2.30. The van der Waals surface area contributed by atoms with Crippen LogP contribution in [0.15, 0.2) is 84.9 Å². The van der Waals surface area contributed by atoms with Gasteiger partial charge < -0.3 is 9.84 Å². The largest absolute Gasteiger partial charge is 0.423 e. The third kappa shape index (κ3) is 4.91. The number of benzene rings is 3. The Bertz CT molecular complexity index is 1070. The summed E-state index contributed by atoms with van der Waals surface area (Å²) in [5.41, 5.74) is 3.49. The van der Waals surface area contributed by atoms with Crippen LogP contribution in [0.25, 0.3) is 22.3 Å². The zero-order chi connectivity index (χ0) is 21.9. The van der Waals surface area contributed by atoms with Crippen LogP contribution < -0.4 is 4.74 Å². The lowest BCUT2D eigenvalue weighted by atomic mass is 9.94. The molecule has 0 aromatic heterocycles. The minimum absolute atomic E-state index is 0.304. The normalized spacial score (nSPS) is 11.1. The van der Waals surface area contributed by atoms with Crippen molar-refractivity contribution in [3.8, 4) is 28.0 Å². The first-order valence-corrected chi connectivity index (χ1v) is 9.61. The summed E-state index contributed by atoms with van der Waals surface area (Å²) in [5, 5.41) is 9.87. The predicted molar refractivity (Wildman–Crippen MR) is 118 cm³/mol. The van der Waals surface area contributed by atoms with Crippen molar-refractivity contribution >= 4 is 11.8 Å². The van der Waals surface area contributed by atoms with Crippen molar-refractivity contribution in [1.29, 1.82) is 0 Å². The van der Waals surface area contributed by atoms with Gasteiger partial charge in [0.25, 0.3) is 0 Å². The van der Waals surface area contributed by atoms with Crippen molar-refractivity contribution in [2.75, 3.05) is 0 Å². The zero-order valence-electron chi connectivity index (χ0n) is 17.3. The molecule has 0 radical (unpaired) electrons. The molecule has 3 aromatic carbocycles. The summed E-state index contributed by atoms with van der Waals surface area (Å²) in [6, 6.07) is 22.6. The highest BCUT2D eigenvalue weighted by molar-refractivity contribution is 6.02. The van der Waals surface area contributed by atoms with Crippen LogP contribution in [0.2, 0.25) is 0 Å². The number of hydrogen-bond donors (Lipinski definition) is 1. The molecule has 3 rings (SSSR count). The van der Waals surface area contributed by atoms with E-state index in [0.717, 1.165) is 22.3 Å². The molecule has 0 atom stereocenters. The van der Waals surface area contributed by atoms with Crippen molar-refractivity contribution in [2.24, 2.45) is 0 Å². The van der Waals surface area contributed by atoms with Crippen LogP contribution in [0.5, 0.6) is 5.75 Å². The molecule has 0 amide bonds. The maximum atomic E-state index is 12.1. The number of carbonyl (C=O) groups excluding carboxylic acids is 2. The Labute approximate surface area is 176 Å². The number of aliphatic hydroxyl groups is 1. The fraction of sp³-hybridized carbons (Fsp3) is 0.154. The maximum absolute atomic E-state index is 12.1. The molecular weight excluding hydrogens is 376 g/mol. The van der Waals surface area contributed by atoms with Crippen LogP contribution >= 0.6 is 0 Å². The number of ether oxygens (including phenoxy) is 1. The highest BCUT2D eigenvalue weighted by Gasteiger charge is 2.24. The van der Waals surface area contributed by atoms with Gasteiger partial charge in [-0.1, -0.05) is 67.2 Å². The van der Waals surface area contributed by atoms with Crippen molar-refractivity contribution in [2.45, 2.75) is 26.4 Å². The van der Waals surface area contributed by atoms with Gasteiger partial charge in [-0.25, -0.2) is 4.79 Å². The molecule has 0 aliphatic carbocycles. The molecule has 0 saturated heterocycles. The van der Waals surface area contributed by atoms with Crippen LogP contribution in [0.1, 0.15) is 31.1 Å². The first-order valence-electron chi connectivity index (χ1n) is 9.61. The fourth-order valence-corrected chi connectivity index (χ4v) is 2.93. The molecule has 0 aliphatic heterocycles. The molecule has 0 saturated carbocycles. The monoisotopic (exact) mass is 400 g/mol. The topological polar surface area (TPSA) is 63.6 Å². The molecule has 30 heavy (non-hydrogen) atoms. The second kappa shape index (κ2) is 8.47. The first kappa shape index (κ1) is 21.2. The van der Waals surface area contributed by atoms with Gasteiger partial charge in [0.15, 0.2) is 5.78 Å². The lowest BCUT2D eigenvalue weighted by Gasteiger charge is -2.15. The highest BCUT2D eigenvalue weighted by atomic mass is 16.5. The molecular formula is C26H24O4. The Hall–Kier alpha value is -3.50. The second-order valence-corrected chi connectivity index (χ2v) is 7.74. The van der Waals surface area contributed by atoms with Crippen LogP contribution in [-0.2, 0) is 4.79 Å². The van der Waals surface area contributed by atoms with Crippen molar-refractivity contribution < 1.29 is 19.4 Å². The molecule has 0 aliphatic rings. The second-order valence-electron chi connectivity index (χ2n) is 7.74. The summed E-state index contributed by atoms with van der Waals surface area (Å²) in [6.45, 7) is 8.15. The van der Waals surface area contributed by atoms with Gasteiger partial charge in [-0.2, -0.15) is 0 Å². The van der Waals surface area contributed by atoms with E-state index in [1.165, 1.54) is 13.8 Å². The van der Waals surface area contributed by atoms with Crippen LogP contribution in [0.4, 0.5) is 0 Å². The number of Topliss-reactive ketones (excluding diaryl/α,β-unsaturated/α-hetero) is 1. The summed E-state index contributed by atoms with van der Waals surface area (Å²) in [6.07, 6.45) is 0. The van der Waals surface area contributed by atoms with Crippen molar-refractivity contribution in [1.82, 2.24) is 0 Å². The Morgan fingerprint density at radius 1 is 0.767 bits per heavy atom. The summed E-state index contributed by atoms with van der Waals surface area (Å²) < 4.78 is 5.21. The molecule has 0 heterocycles. The van der Waals surface area contributed by atoms with E-state index < -0.39 is 11.6 Å². The summed E-state index contributed by atoms with van der Waals surface area (Å²) in [5.74, 6) is -0.270. The third-order valence-corrected chi connectivity index (χ3v) is 4.67. The molecule has 152 valence electrons. The summed E-state index contributed by atoms with van der Waals surface area (Å²) >= 11 is 0. The minimum Gasteiger partial charge on any atom is -0.423 e. The number of carbonyl (C=O) groups is 2. The van der Waals surface area contributed by atoms with Crippen LogP contribution in [0, 0.1) is 0 Å². The average Bonchev–Trinajstić information content (AvgIpc) is 2.73. The van der Waals surface area contributed by atoms with Crippen molar-refractivity contribution in [3.63, 3.8) is 0 Å². The van der Waals surface area contributed by atoms with Gasteiger partial charge >= 0.3 is 5.97 Å². The molecule has 4 nitrogen and oxygen atoms in total. The van der Waals surface area contributed by atoms with E-state index in [4.69, 9.17) is 4.74 Å². The van der Waals surface area contributed by atoms with E-state index in [1.54, 1.807) is 31.2 Å². The average molecular weight is 400 g/mol. The first-order chi connectivity index (χ1) is 14.1. The van der Waals surface area contributed by atoms with Gasteiger partial charge in [0, 0.05) is 11.1 Å². The molecule has 1 N–H and O–H groups in total. The van der Waals surface area contributed by atoms with E-state index in [2.05, 4.69) is 6.58 Å². The lowest BCUT2D eigenvalue weighted by molar-refractivity contribution is -0.130. The summed E-state index contributed by atoms with van der Waals surface area (Å²) in [7, 11) is 0. The molecule has 3 aromatic rings. The standard InChI is InChI=1S/C26H24O4/c1-17(2)25(28)30-23-15-13-21(14-16-23)19-7-5-18(6-8-19)20-9-11-22(12-10-20)24(27)26(3,4)29/h5-16,29H,1H2,2-4H3. The molecule has 0 spiro atoms. The van der Waals surface area contributed by atoms with Gasteiger partial charge in [-0.15, -0.1) is 0 Å². The van der Waals surface area contributed by atoms with Gasteiger partial charge in [-0.05, 0) is 55.2 Å². The SMILES string of the molecule is C=C(C)C(=O)Oc1ccc(-c2ccc(-c3ccc(C(=O)C(C)(C)O)cc3)cc2)cc1. The quantitative estimate of drug-likeness (QED) is 0.258. The third-order valence-electron chi connectivity index (χ3n) is 4.67. The number of ketones is 1. The van der Waals surface area contributed by atoms with Gasteiger partial charge in [0.1, 0.15) is 11.4 Å². The predicted octanol–water partition coefficient (Wildman–Crippen LogP) is 5.46. The van der Waals surface area contributed by atoms with E-state index in [9.17, 15) is 14.7 Å². The Morgan fingerprint density at radius 2 is 1.13 bits per heavy atom. The number of hydrogen-bond acceptors (Lipinski definition) is 4. The molecule has 0 fully saturated rings. The van der Waals surface area contributed by atoms with E-state index in [0.29, 0.717) is 16.9 Å². The molecule has 0 unspecified atom stereocenters. The molecule has 0 bridgehead atoms. The van der Waals surface area contributed by atoms with Gasteiger partial charge in [-0.3, -0.25) is 4.79 Å². The smallest absolute Gasteiger partial charge is 0.338 e. The zero-order valence-corrected chi connectivity index (χ0v) is 17.3. The van der Waals surface area contributed by atoms with Crippen LogP contribution in [-0.4, -0.2) is 22.5 Å². The van der Waals surface area contributed by atoms with E-state index in [1.807, 2.05) is 48.5 Å². The number of esters is 1. The van der Waals surface area contributed by atoms with E-state index >= 15 is 0 Å². The Kier molecular flexibility index (Phi) is 5.99. The Balaban J connectivity index is 1.74. The summed E-state index contributed by atoms with van der Waals surface area (Å²) in [4.78, 5) is 23.7. The Morgan fingerprint density at radius 3 is 1.50 bits per heavy atom. The minimum atomic E-state index is -1.39. The van der Waals surface area contributed by atoms with Crippen LogP contribution in [0.3, 0.4) is 0 Å². The van der Waals surface area contributed by atoms with Gasteiger partial charge in [0.05, 0.1) is 0 Å². The maximum Gasteiger partial charge on any atom is 0.338 e. The van der Waals surface area contributed by atoms with E-state index in [-0.39, 0.29) is 5.78 Å². The highest BCUT2D eigenvalue weighted by Crippen LogP contribution is 2.27. The number of rotatable bonds is 6.